The zero-order valence-corrected chi connectivity index (χ0v) is 19.7. The van der Waals surface area contributed by atoms with Crippen LogP contribution >= 0.6 is 0 Å². The summed E-state index contributed by atoms with van der Waals surface area (Å²) in [6, 6.07) is 10.1. The molecule has 1 aromatic heterocycles. The van der Waals surface area contributed by atoms with E-state index in [0.29, 0.717) is 32.4 Å². The molecule has 9 nitrogen and oxygen atoms in total. The van der Waals surface area contributed by atoms with Gasteiger partial charge in [0.1, 0.15) is 11.4 Å². The lowest BCUT2D eigenvalue weighted by Crippen LogP contribution is -2.48. The largest absolute Gasteiger partial charge is 0.508 e. The Morgan fingerprint density at radius 1 is 1.15 bits per heavy atom. The van der Waals surface area contributed by atoms with Crippen LogP contribution in [-0.2, 0) is 22.4 Å². The molecule has 2 aliphatic heterocycles. The van der Waals surface area contributed by atoms with Gasteiger partial charge < -0.3 is 29.7 Å². The van der Waals surface area contributed by atoms with Gasteiger partial charge in [-0.1, -0.05) is 6.07 Å². The second kappa shape index (κ2) is 10.6. The van der Waals surface area contributed by atoms with Crippen LogP contribution in [-0.4, -0.2) is 60.4 Å². The second-order valence-electron chi connectivity index (χ2n) is 8.75. The molecule has 1 aromatic carbocycles. The van der Waals surface area contributed by atoms with Gasteiger partial charge in [0.05, 0.1) is 13.2 Å². The Morgan fingerprint density at radius 2 is 1.91 bits per heavy atom. The van der Waals surface area contributed by atoms with Crippen LogP contribution in [0.4, 0.5) is 10.5 Å². The number of fused-ring (bicyclic) bond motifs is 1. The third-order valence-electron chi connectivity index (χ3n) is 6.62. The molecule has 0 unspecified atom stereocenters. The Labute approximate surface area is 200 Å². The van der Waals surface area contributed by atoms with E-state index in [-0.39, 0.29) is 12.6 Å². The first kappa shape index (κ1) is 23.7. The summed E-state index contributed by atoms with van der Waals surface area (Å²) in [7, 11) is 0. The number of nitrogens with one attached hydrogen (secondary N) is 1. The summed E-state index contributed by atoms with van der Waals surface area (Å²) in [5.74, 6) is 0.859. The molecule has 4 rings (SSSR count). The van der Waals surface area contributed by atoms with Crippen LogP contribution in [0.2, 0.25) is 0 Å². The first-order chi connectivity index (χ1) is 16.5. The number of benzene rings is 1. The van der Waals surface area contributed by atoms with Crippen LogP contribution in [0, 0.1) is 5.41 Å². The first-order valence-corrected chi connectivity index (χ1v) is 11.8. The van der Waals surface area contributed by atoms with Gasteiger partial charge in [0, 0.05) is 63.5 Å². The number of rotatable bonds is 7. The molecule has 0 aliphatic carbocycles. The minimum Gasteiger partial charge on any atom is -0.493 e. The predicted octanol–water partition coefficient (Wildman–Crippen LogP) is 3.31. The number of carbonyl (C=O) groups excluding carboxylic acids is 1. The molecule has 1 saturated heterocycles. The molecule has 182 valence electrons. The maximum atomic E-state index is 12.2. The van der Waals surface area contributed by atoms with Crippen LogP contribution in [0.5, 0.6) is 5.75 Å². The number of aromatic nitrogens is 1. The number of nitrogens with two attached hydrogens (primary N) is 1. The molecule has 0 atom stereocenters. The SMILES string of the molecule is CCOC(=O)OC1(CCOc2ccc3c(c2)CN(C(=N)N)CC3)CCN(c2ccncc2)CC1. The molecule has 9 heteroatoms. The van der Waals surface area contributed by atoms with Crippen LogP contribution in [0.25, 0.3) is 0 Å². The molecule has 3 N–H and O–H groups in total. The predicted molar refractivity (Wildman–Crippen MR) is 129 cm³/mol. The highest BCUT2D eigenvalue weighted by Gasteiger charge is 2.39. The lowest BCUT2D eigenvalue weighted by atomic mass is 9.88. The third kappa shape index (κ3) is 5.70. The van der Waals surface area contributed by atoms with E-state index in [1.54, 1.807) is 19.3 Å². The van der Waals surface area contributed by atoms with E-state index in [0.717, 1.165) is 43.1 Å². The summed E-state index contributed by atoms with van der Waals surface area (Å²) >= 11 is 0. The van der Waals surface area contributed by atoms with Crippen molar-refractivity contribution in [1.29, 1.82) is 5.41 Å². The van der Waals surface area contributed by atoms with Gasteiger partial charge in [-0.15, -0.1) is 0 Å². The molecular formula is C25H33N5O4. The highest BCUT2D eigenvalue weighted by atomic mass is 16.7. The monoisotopic (exact) mass is 467 g/mol. The lowest BCUT2D eigenvalue weighted by Gasteiger charge is -2.41. The fourth-order valence-corrected chi connectivity index (χ4v) is 4.64. The maximum absolute atomic E-state index is 12.2. The van der Waals surface area contributed by atoms with E-state index in [1.807, 2.05) is 29.2 Å². The van der Waals surface area contributed by atoms with Gasteiger partial charge in [-0.2, -0.15) is 0 Å². The summed E-state index contributed by atoms with van der Waals surface area (Å²) in [6.45, 7) is 5.37. The van der Waals surface area contributed by atoms with Gasteiger partial charge in [-0.05, 0) is 48.7 Å². The van der Waals surface area contributed by atoms with Gasteiger partial charge >= 0.3 is 6.16 Å². The number of guanidine groups is 1. The van der Waals surface area contributed by atoms with Crippen molar-refractivity contribution < 1.29 is 19.0 Å². The summed E-state index contributed by atoms with van der Waals surface area (Å²) in [5, 5.41) is 7.70. The first-order valence-electron chi connectivity index (χ1n) is 11.8. The van der Waals surface area contributed by atoms with E-state index in [1.165, 1.54) is 5.56 Å². The van der Waals surface area contributed by atoms with Gasteiger partial charge in [0.2, 0.25) is 0 Å². The van der Waals surface area contributed by atoms with Crippen LogP contribution in [0.1, 0.15) is 37.3 Å². The van der Waals surface area contributed by atoms with Gasteiger partial charge in [0.25, 0.3) is 0 Å². The molecule has 0 saturated carbocycles. The van der Waals surface area contributed by atoms with Crippen molar-refractivity contribution in [1.82, 2.24) is 9.88 Å². The molecule has 1 fully saturated rings. The number of anilines is 1. The molecule has 2 aromatic rings. The van der Waals surface area contributed by atoms with Crippen molar-refractivity contribution in [3.8, 4) is 5.75 Å². The van der Waals surface area contributed by atoms with Crippen LogP contribution in [0.15, 0.2) is 42.7 Å². The fraction of sp³-hybridized carbons (Fsp3) is 0.480. The number of piperidine rings is 1. The van der Waals surface area contributed by atoms with Crippen molar-refractivity contribution in [3.63, 3.8) is 0 Å². The minimum atomic E-state index is -0.630. The molecule has 3 heterocycles. The Hall–Kier alpha value is -3.49. The highest BCUT2D eigenvalue weighted by molar-refractivity contribution is 5.75. The van der Waals surface area contributed by atoms with E-state index in [2.05, 4.69) is 16.0 Å². The highest BCUT2D eigenvalue weighted by Crippen LogP contribution is 2.33. The molecule has 0 bridgehead atoms. The molecular weight excluding hydrogens is 434 g/mol. The lowest BCUT2D eigenvalue weighted by molar-refractivity contribution is -0.0567. The van der Waals surface area contributed by atoms with Crippen molar-refractivity contribution in [2.45, 2.75) is 44.8 Å². The number of hydrogen-bond donors (Lipinski definition) is 2. The van der Waals surface area contributed by atoms with Gasteiger partial charge in [-0.25, -0.2) is 4.79 Å². The second-order valence-corrected chi connectivity index (χ2v) is 8.75. The number of ether oxygens (including phenoxy) is 3. The third-order valence-corrected chi connectivity index (χ3v) is 6.62. The fourth-order valence-electron chi connectivity index (χ4n) is 4.64. The van der Waals surface area contributed by atoms with Gasteiger partial charge in [0.15, 0.2) is 5.96 Å². The Bertz CT molecular complexity index is 992. The van der Waals surface area contributed by atoms with Crippen molar-refractivity contribution >= 4 is 17.8 Å². The quantitative estimate of drug-likeness (QED) is 0.362. The zero-order valence-electron chi connectivity index (χ0n) is 19.7. The molecule has 0 spiro atoms. The number of nitrogens with zero attached hydrogens (tertiary/aromatic N) is 3. The Balaban J connectivity index is 1.38. The normalized spacial score (nSPS) is 17.0. The van der Waals surface area contributed by atoms with Crippen LogP contribution in [0.3, 0.4) is 0 Å². The Morgan fingerprint density at radius 3 is 2.62 bits per heavy atom. The summed E-state index contributed by atoms with van der Waals surface area (Å²) < 4.78 is 17.0. The topological polar surface area (TPSA) is 114 Å². The van der Waals surface area contributed by atoms with Crippen LogP contribution < -0.4 is 15.4 Å². The molecule has 34 heavy (non-hydrogen) atoms. The van der Waals surface area contributed by atoms with E-state index in [9.17, 15) is 4.79 Å². The van der Waals surface area contributed by atoms with Crippen molar-refractivity contribution in [3.05, 3.63) is 53.9 Å². The summed E-state index contributed by atoms with van der Waals surface area (Å²) in [5.41, 5.74) is 8.54. The van der Waals surface area contributed by atoms with Gasteiger partial charge in [-0.3, -0.25) is 10.4 Å². The maximum Gasteiger partial charge on any atom is 0.508 e. The minimum absolute atomic E-state index is 0.0909. The number of hydrogen-bond acceptors (Lipinski definition) is 7. The molecule has 0 amide bonds. The summed E-state index contributed by atoms with van der Waals surface area (Å²) in [4.78, 5) is 20.4. The average Bonchev–Trinajstić information content (AvgIpc) is 2.84. The average molecular weight is 468 g/mol. The molecule has 2 aliphatic rings. The van der Waals surface area contributed by atoms with E-state index in [4.69, 9.17) is 25.4 Å². The van der Waals surface area contributed by atoms with E-state index >= 15 is 0 Å². The summed E-state index contributed by atoms with van der Waals surface area (Å²) in [6.07, 6.45) is 5.76. The van der Waals surface area contributed by atoms with Crippen molar-refractivity contribution in [2.24, 2.45) is 5.73 Å². The van der Waals surface area contributed by atoms with E-state index < -0.39 is 11.8 Å². The molecule has 0 radical (unpaired) electrons. The zero-order chi connectivity index (χ0) is 24.0. The number of pyridine rings is 1. The number of carbonyl (C=O) groups is 1. The van der Waals surface area contributed by atoms with Crippen molar-refractivity contribution in [2.75, 3.05) is 37.7 Å². The Kier molecular flexibility index (Phi) is 7.40. The standard InChI is InChI=1S/C25H33N5O4/c1-2-32-24(31)34-25(8-14-29(15-9-25)21-5-11-28-12-6-21)10-16-33-22-4-3-19-7-13-30(23(26)27)18-20(19)17-22/h3-6,11-12,17H,2,7-10,13-16,18H2,1H3,(H3,26,27). The smallest absolute Gasteiger partial charge is 0.493 e.